The number of aliphatic hydroxyl groups excluding tert-OH is 1. The molecule has 0 unspecified atom stereocenters. The number of carbonyl (C=O) groups is 2. The predicted octanol–water partition coefficient (Wildman–Crippen LogP) is 3.40. The summed E-state index contributed by atoms with van der Waals surface area (Å²) in [7, 11) is 2.68. The molecule has 0 atom stereocenters. The van der Waals surface area contributed by atoms with Gasteiger partial charge >= 0.3 is 0 Å². The van der Waals surface area contributed by atoms with Crippen LogP contribution in [0.3, 0.4) is 0 Å². The normalized spacial score (nSPS) is 16.4. The quantitative estimate of drug-likeness (QED) is 0.415. The molecule has 3 rings (SSSR count). The zero-order valence-electron chi connectivity index (χ0n) is 16.6. The number of hydrogen-bond acceptors (Lipinski definition) is 7. The number of piperidine rings is 1. The van der Waals surface area contributed by atoms with E-state index in [-0.39, 0.29) is 0 Å². The Balaban J connectivity index is 0.000000541. The minimum absolute atomic E-state index is 0.414. The van der Waals surface area contributed by atoms with Crippen molar-refractivity contribution in [1.82, 2.24) is 0 Å². The number of anilines is 2. The molecule has 1 saturated heterocycles. The highest BCUT2D eigenvalue weighted by Crippen LogP contribution is 2.54. The Bertz CT molecular complexity index is 567. The first-order valence-corrected chi connectivity index (χ1v) is 10.3. The third-order valence-corrected chi connectivity index (χ3v) is 5.59. The topological polar surface area (TPSA) is 78.9 Å². The molecule has 0 bridgehead atoms. The maximum absolute atomic E-state index is 11.3. The van der Waals surface area contributed by atoms with Crippen LogP contribution in [0.1, 0.15) is 43.0 Å². The fourth-order valence-electron chi connectivity index (χ4n) is 3.04. The average molecular weight is 397 g/mol. The zero-order chi connectivity index (χ0) is 20.1. The van der Waals surface area contributed by atoms with Crippen LogP contribution in [-0.4, -0.2) is 57.3 Å². The monoisotopic (exact) mass is 396 g/mol. The van der Waals surface area contributed by atoms with Gasteiger partial charge in [-0.05, 0) is 68.2 Å². The number of nitrogens with one attached hydrogen (secondary N) is 1. The lowest BCUT2D eigenvalue weighted by molar-refractivity contribution is -0.105. The summed E-state index contributed by atoms with van der Waals surface area (Å²) in [6.07, 6.45) is 7.04. The molecule has 2 N–H and O–H groups in total. The van der Waals surface area contributed by atoms with Crippen molar-refractivity contribution in [3.05, 3.63) is 23.8 Å². The fourth-order valence-corrected chi connectivity index (χ4v) is 3.48. The van der Waals surface area contributed by atoms with Crippen molar-refractivity contribution in [2.24, 2.45) is 5.41 Å². The molecule has 7 heteroatoms. The second kappa shape index (κ2) is 12.8. The summed E-state index contributed by atoms with van der Waals surface area (Å²) in [5, 5.41) is 7.00. The molecular formula is C20H32N2O4S. The van der Waals surface area contributed by atoms with Gasteiger partial charge in [0.05, 0.1) is 5.75 Å². The Morgan fingerprint density at radius 2 is 1.85 bits per heavy atom. The number of nitrogens with zero attached hydrogens (tertiary/aromatic N) is 1. The van der Waals surface area contributed by atoms with Crippen molar-refractivity contribution >= 4 is 35.9 Å². The molecule has 1 heterocycles. The maximum atomic E-state index is 11.3. The molecule has 2 aliphatic rings. The average Bonchev–Trinajstić information content (AvgIpc) is 3.49. The summed E-state index contributed by atoms with van der Waals surface area (Å²) in [5.41, 5.74) is 3.33. The highest BCUT2D eigenvalue weighted by molar-refractivity contribution is 8.01. The number of hydrogen-bond donors (Lipinski definition) is 2. The van der Waals surface area contributed by atoms with E-state index in [4.69, 9.17) is 5.11 Å². The minimum Gasteiger partial charge on any atom is -0.400 e. The van der Waals surface area contributed by atoms with E-state index in [1.54, 1.807) is 7.11 Å². The molecule has 1 aromatic rings. The van der Waals surface area contributed by atoms with Crippen LogP contribution in [0.25, 0.3) is 0 Å². The highest BCUT2D eigenvalue weighted by Gasteiger charge is 2.44. The van der Waals surface area contributed by atoms with Crippen molar-refractivity contribution in [3.63, 3.8) is 0 Å². The Hall–Kier alpha value is -1.57. The molecule has 1 spiro atoms. The van der Waals surface area contributed by atoms with Gasteiger partial charge in [-0.25, -0.2) is 0 Å². The summed E-state index contributed by atoms with van der Waals surface area (Å²) >= 11 is 1.36. The van der Waals surface area contributed by atoms with Crippen molar-refractivity contribution in [1.29, 1.82) is 0 Å². The number of methoxy groups -OCH3 is 1. The van der Waals surface area contributed by atoms with Gasteiger partial charge in [-0.3, -0.25) is 4.79 Å². The molecule has 1 aromatic carbocycles. The highest BCUT2D eigenvalue weighted by atomic mass is 32.2. The predicted molar refractivity (Wildman–Crippen MR) is 113 cm³/mol. The third-order valence-electron chi connectivity index (χ3n) is 4.91. The van der Waals surface area contributed by atoms with Gasteiger partial charge in [-0.15, -0.1) is 0 Å². The lowest BCUT2D eigenvalue weighted by Gasteiger charge is -2.34. The van der Waals surface area contributed by atoms with Crippen molar-refractivity contribution < 1.29 is 19.4 Å². The van der Waals surface area contributed by atoms with Crippen LogP contribution in [0.4, 0.5) is 11.4 Å². The maximum Gasteiger partial charge on any atom is 0.152 e. The molecule has 2 fully saturated rings. The first-order valence-electron chi connectivity index (χ1n) is 9.27. The van der Waals surface area contributed by atoms with E-state index >= 15 is 0 Å². The van der Waals surface area contributed by atoms with E-state index in [2.05, 4.69) is 14.4 Å². The molecule has 6 nitrogen and oxygen atoms in total. The lowest BCUT2D eigenvalue weighted by Crippen LogP contribution is -2.35. The molecule has 1 aliphatic heterocycles. The third kappa shape index (κ3) is 7.52. The van der Waals surface area contributed by atoms with Crippen LogP contribution in [0.2, 0.25) is 0 Å². The molecule has 27 heavy (non-hydrogen) atoms. The van der Waals surface area contributed by atoms with Gasteiger partial charge in [0.1, 0.15) is 6.29 Å². The summed E-state index contributed by atoms with van der Waals surface area (Å²) < 4.78 is 7.69. The number of carbonyl (C=O) groups excluding carboxylic acids is 2. The molecule has 0 radical (unpaired) electrons. The van der Waals surface area contributed by atoms with Gasteiger partial charge in [0.15, 0.2) is 6.29 Å². The number of rotatable bonds is 7. The minimum atomic E-state index is 0.414. The van der Waals surface area contributed by atoms with Crippen LogP contribution >= 0.6 is 11.9 Å². The number of ether oxygens (including phenoxy) is 1. The molecule has 152 valence electrons. The lowest BCUT2D eigenvalue weighted by atomic mass is 9.93. The fraction of sp³-hybridized carbons (Fsp3) is 0.600. The number of benzene rings is 1. The Morgan fingerprint density at radius 3 is 2.33 bits per heavy atom. The van der Waals surface area contributed by atoms with Crippen LogP contribution in [0.5, 0.6) is 0 Å². The molecular weight excluding hydrogens is 364 g/mol. The second-order valence-electron chi connectivity index (χ2n) is 6.54. The van der Waals surface area contributed by atoms with Gasteiger partial charge < -0.3 is 24.3 Å². The molecule has 0 aromatic heterocycles. The molecule has 0 amide bonds. The summed E-state index contributed by atoms with van der Waals surface area (Å²) in [6, 6.07) is 5.76. The zero-order valence-corrected chi connectivity index (χ0v) is 17.4. The van der Waals surface area contributed by atoms with Gasteiger partial charge in [0.2, 0.25) is 0 Å². The SMILES string of the molecule is CCOC.CO.O=CCSNc1ccc(C=O)c(N2CCC3(CC2)CC3)c1. The Morgan fingerprint density at radius 1 is 1.22 bits per heavy atom. The van der Waals surface area contributed by atoms with Gasteiger partial charge in [0.25, 0.3) is 0 Å². The Labute approximate surface area is 166 Å². The van der Waals surface area contributed by atoms with E-state index in [1.165, 1.54) is 37.6 Å². The van der Waals surface area contributed by atoms with Gasteiger partial charge in [-0.1, -0.05) is 0 Å². The van der Waals surface area contributed by atoms with Gasteiger partial charge in [0, 0.05) is 50.9 Å². The number of aliphatic hydroxyl groups is 1. The number of aldehydes is 2. The first-order chi connectivity index (χ1) is 13.2. The second-order valence-corrected chi connectivity index (χ2v) is 7.36. The van der Waals surface area contributed by atoms with Gasteiger partial charge in [-0.2, -0.15) is 0 Å². The van der Waals surface area contributed by atoms with Crippen LogP contribution < -0.4 is 9.62 Å². The van der Waals surface area contributed by atoms with Crippen LogP contribution in [0.15, 0.2) is 18.2 Å². The molecule has 1 saturated carbocycles. The summed E-state index contributed by atoms with van der Waals surface area (Å²) in [5.74, 6) is 0.414. The summed E-state index contributed by atoms with van der Waals surface area (Å²) in [6.45, 7) is 4.84. The van der Waals surface area contributed by atoms with E-state index in [1.807, 2.05) is 25.1 Å². The van der Waals surface area contributed by atoms with E-state index in [0.29, 0.717) is 11.2 Å². The standard InChI is InChI=1S/C16H20N2O2S.C3H8O.CH4O/c19-9-10-21-17-14-2-1-13(12-20)15(11-14)18-7-5-16(3-4-16)6-8-18;1-3-4-2;1-2/h1-2,9,11-12,17H,3-8,10H2;3H2,1-2H3;2H,1H3. The smallest absolute Gasteiger partial charge is 0.152 e. The first kappa shape index (κ1) is 23.5. The van der Waals surface area contributed by atoms with Crippen LogP contribution in [0, 0.1) is 5.41 Å². The van der Waals surface area contributed by atoms with E-state index in [0.717, 1.165) is 56.3 Å². The summed E-state index contributed by atoms with van der Waals surface area (Å²) in [4.78, 5) is 24.0. The van der Waals surface area contributed by atoms with Crippen molar-refractivity contribution in [3.8, 4) is 0 Å². The largest absolute Gasteiger partial charge is 0.400 e. The van der Waals surface area contributed by atoms with E-state index in [9.17, 15) is 9.59 Å². The van der Waals surface area contributed by atoms with Crippen molar-refractivity contribution in [2.45, 2.75) is 32.6 Å². The Kier molecular flexibility index (Phi) is 11.1. The van der Waals surface area contributed by atoms with Crippen molar-refractivity contribution in [2.75, 3.05) is 49.3 Å². The van der Waals surface area contributed by atoms with Crippen LogP contribution in [-0.2, 0) is 9.53 Å². The molecule has 1 aliphatic carbocycles. The van der Waals surface area contributed by atoms with E-state index < -0.39 is 0 Å².